The zero-order valence-corrected chi connectivity index (χ0v) is 11.4. The molecule has 2 aliphatic carbocycles. The van der Waals surface area contributed by atoms with Crippen LogP contribution in [0.1, 0.15) is 51.9 Å². The van der Waals surface area contributed by atoms with Gasteiger partial charge in [-0.2, -0.15) is 0 Å². The highest BCUT2D eigenvalue weighted by Gasteiger charge is 2.62. The predicted molar refractivity (Wildman–Crippen MR) is 68.6 cm³/mol. The first-order chi connectivity index (χ1) is 9.17. The van der Waals surface area contributed by atoms with E-state index in [4.69, 9.17) is 9.47 Å². The van der Waals surface area contributed by atoms with Gasteiger partial charge in [-0.15, -0.1) is 0 Å². The van der Waals surface area contributed by atoms with E-state index in [0.717, 1.165) is 31.3 Å². The van der Waals surface area contributed by atoms with Crippen LogP contribution in [-0.4, -0.2) is 30.1 Å². The van der Waals surface area contributed by atoms with E-state index in [9.17, 15) is 9.59 Å². The molecule has 3 aliphatic rings. The SMILES string of the molecule is CCOC(=O)/C(=C1\CCC(=O)C1)C12CCCCC1O2. The molecule has 2 saturated carbocycles. The van der Waals surface area contributed by atoms with Crippen molar-refractivity contribution in [2.24, 2.45) is 0 Å². The lowest BCUT2D eigenvalue weighted by atomic mass is 9.81. The summed E-state index contributed by atoms with van der Waals surface area (Å²) in [5, 5.41) is 0. The molecule has 0 bridgehead atoms. The molecule has 3 rings (SSSR count). The first kappa shape index (κ1) is 12.9. The molecule has 0 radical (unpaired) electrons. The van der Waals surface area contributed by atoms with Crippen LogP contribution in [0.4, 0.5) is 0 Å². The number of ketones is 1. The molecule has 0 aromatic rings. The molecule has 104 valence electrons. The van der Waals surface area contributed by atoms with Crippen molar-refractivity contribution in [1.29, 1.82) is 0 Å². The van der Waals surface area contributed by atoms with Gasteiger partial charge >= 0.3 is 5.97 Å². The zero-order chi connectivity index (χ0) is 13.5. The minimum absolute atomic E-state index is 0.170. The average Bonchev–Trinajstić information content (AvgIpc) is 2.98. The van der Waals surface area contributed by atoms with Crippen LogP contribution in [0.3, 0.4) is 0 Å². The molecule has 0 aromatic heterocycles. The maximum atomic E-state index is 12.3. The molecule has 0 N–H and O–H groups in total. The van der Waals surface area contributed by atoms with Crippen molar-refractivity contribution in [1.82, 2.24) is 0 Å². The second-order valence-corrected chi connectivity index (χ2v) is 5.66. The first-order valence-corrected chi connectivity index (χ1v) is 7.26. The van der Waals surface area contributed by atoms with Crippen LogP contribution < -0.4 is 0 Å². The maximum absolute atomic E-state index is 12.3. The number of hydrogen-bond acceptors (Lipinski definition) is 4. The van der Waals surface area contributed by atoms with Gasteiger partial charge in [-0.05, 0) is 31.8 Å². The van der Waals surface area contributed by atoms with E-state index >= 15 is 0 Å². The van der Waals surface area contributed by atoms with E-state index in [2.05, 4.69) is 0 Å². The third kappa shape index (κ3) is 2.12. The lowest BCUT2D eigenvalue weighted by molar-refractivity contribution is -0.139. The Morgan fingerprint density at radius 3 is 2.89 bits per heavy atom. The third-order valence-corrected chi connectivity index (χ3v) is 4.45. The predicted octanol–water partition coefficient (Wildman–Crippen LogP) is 2.31. The second-order valence-electron chi connectivity index (χ2n) is 5.66. The number of Topliss-reactive ketones (excluding diaryl/α,β-unsaturated/α-hetero) is 1. The number of rotatable bonds is 3. The van der Waals surface area contributed by atoms with E-state index in [-0.39, 0.29) is 17.9 Å². The normalized spacial score (nSPS) is 35.8. The van der Waals surface area contributed by atoms with Gasteiger partial charge in [0.1, 0.15) is 11.4 Å². The Kier molecular flexibility index (Phi) is 3.21. The Bertz CT molecular complexity index is 451. The lowest BCUT2D eigenvalue weighted by Crippen LogP contribution is -2.29. The first-order valence-electron chi connectivity index (χ1n) is 7.26. The number of allylic oxidation sites excluding steroid dienone is 1. The summed E-state index contributed by atoms with van der Waals surface area (Å²) in [5.74, 6) is -0.0437. The van der Waals surface area contributed by atoms with Crippen molar-refractivity contribution in [2.75, 3.05) is 6.61 Å². The number of esters is 1. The molecule has 4 nitrogen and oxygen atoms in total. The van der Waals surface area contributed by atoms with Crippen molar-refractivity contribution in [3.8, 4) is 0 Å². The lowest BCUT2D eigenvalue weighted by Gasteiger charge is -2.21. The van der Waals surface area contributed by atoms with Crippen molar-refractivity contribution in [3.05, 3.63) is 11.1 Å². The fraction of sp³-hybridized carbons (Fsp3) is 0.733. The van der Waals surface area contributed by atoms with Crippen LogP contribution in [0.2, 0.25) is 0 Å². The zero-order valence-electron chi connectivity index (χ0n) is 11.4. The Morgan fingerprint density at radius 2 is 2.26 bits per heavy atom. The molecule has 4 heteroatoms. The van der Waals surface area contributed by atoms with Gasteiger partial charge in [0.15, 0.2) is 0 Å². The van der Waals surface area contributed by atoms with Gasteiger partial charge in [0.25, 0.3) is 0 Å². The summed E-state index contributed by atoms with van der Waals surface area (Å²) in [5.41, 5.74) is 1.24. The van der Waals surface area contributed by atoms with Crippen molar-refractivity contribution in [3.63, 3.8) is 0 Å². The molecule has 0 aromatic carbocycles. The highest BCUT2D eigenvalue weighted by atomic mass is 16.6. The van der Waals surface area contributed by atoms with Gasteiger partial charge in [0, 0.05) is 12.8 Å². The number of hydrogen-bond donors (Lipinski definition) is 0. The fourth-order valence-electron chi connectivity index (χ4n) is 3.53. The molecular formula is C15H20O4. The summed E-state index contributed by atoms with van der Waals surface area (Å²) in [6.07, 6.45) is 5.99. The Hall–Kier alpha value is -1.16. The van der Waals surface area contributed by atoms with Crippen molar-refractivity contribution in [2.45, 2.75) is 63.6 Å². The van der Waals surface area contributed by atoms with E-state index in [0.29, 0.717) is 31.4 Å². The van der Waals surface area contributed by atoms with Crippen LogP contribution >= 0.6 is 0 Å². The molecule has 1 saturated heterocycles. The molecule has 1 heterocycles. The van der Waals surface area contributed by atoms with Crippen LogP contribution in [0.25, 0.3) is 0 Å². The molecule has 1 aliphatic heterocycles. The summed E-state index contributed by atoms with van der Waals surface area (Å²) in [4.78, 5) is 23.8. The van der Waals surface area contributed by atoms with Crippen LogP contribution in [0.15, 0.2) is 11.1 Å². The molecule has 0 spiro atoms. The summed E-state index contributed by atoms with van der Waals surface area (Å²) < 4.78 is 11.1. The Labute approximate surface area is 113 Å². The van der Waals surface area contributed by atoms with Gasteiger partial charge in [-0.25, -0.2) is 4.79 Å². The smallest absolute Gasteiger partial charge is 0.337 e. The summed E-state index contributed by atoms with van der Waals surface area (Å²) in [7, 11) is 0. The standard InChI is InChI=1S/C15H20O4/c1-2-18-14(17)13(10-6-7-11(16)9-10)15-8-4-3-5-12(15)19-15/h12H,2-9H2,1H3/b13-10-. The van der Waals surface area contributed by atoms with Crippen molar-refractivity contribution >= 4 is 11.8 Å². The topological polar surface area (TPSA) is 55.9 Å². The molecule has 2 unspecified atom stereocenters. The van der Waals surface area contributed by atoms with Gasteiger partial charge in [0.05, 0.1) is 18.3 Å². The molecule has 0 amide bonds. The third-order valence-electron chi connectivity index (χ3n) is 4.45. The number of carbonyl (C=O) groups excluding carboxylic acids is 2. The molecule has 3 fully saturated rings. The highest BCUT2D eigenvalue weighted by Crippen LogP contribution is 2.54. The summed E-state index contributed by atoms with van der Waals surface area (Å²) in [6.45, 7) is 2.17. The minimum Gasteiger partial charge on any atom is -0.463 e. The van der Waals surface area contributed by atoms with E-state index in [1.165, 1.54) is 0 Å². The number of fused-ring (bicyclic) bond motifs is 1. The monoisotopic (exact) mass is 264 g/mol. The molecule has 2 atom stereocenters. The number of epoxide rings is 1. The Morgan fingerprint density at radius 1 is 1.42 bits per heavy atom. The average molecular weight is 264 g/mol. The van der Waals surface area contributed by atoms with Gasteiger partial charge in [-0.1, -0.05) is 12.8 Å². The van der Waals surface area contributed by atoms with Crippen LogP contribution in [-0.2, 0) is 19.1 Å². The minimum atomic E-state index is -0.412. The van der Waals surface area contributed by atoms with E-state index in [1.807, 2.05) is 6.92 Å². The number of carbonyl (C=O) groups is 2. The molecule has 19 heavy (non-hydrogen) atoms. The van der Waals surface area contributed by atoms with Crippen LogP contribution in [0.5, 0.6) is 0 Å². The van der Waals surface area contributed by atoms with Gasteiger partial charge < -0.3 is 9.47 Å². The Balaban J connectivity index is 1.93. The quantitative estimate of drug-likeness (QED) is 0.446. The maximum Gasteiger partial charge on any atom is 0.337 e. The summed E-state index contributed by atoms with van der Waals surface area (Å²) >= 11 is 0. The molecular weight excluding hydrogens is 244 g/mol. The number of ether oxygens (including phenoxy) is 2. The van der Waals surface area contributed by atoms with E-state index in [1.54, 1.807) is 0 Å². The van der Waals surface area contributed by atoms with Gasteiger partial charge in [-0.3, -0.25) is 4.79 Å². The van der Waals surface area contributed by atoms with E-state index < -0.39 is 5.60 Å². The second kappa shape index (κ2) is 4.75. The van der Waals surface area contributed by atoms with Crippen LogP contribution in [0, 0.1) is 0 Å². The summed E-state index contributed by atoms with van der Waals surface area (Å²) in [6, 6.07) is 0. The van der Waals surface area contributed by atoms with Gasteiger partial charge in [0.2, 0.25) is 0 Å². The highest BCUT2D eigenvalue weighted by molar-refractivity contribution is 5.96. The fourth-order valence-corrected chi connectivity index (χ4v) is 3.53. The van der Waals surface area contributed by atoms with Crippen molar-refractivity contribution < 1.29 is 19.1 Å². The largest absolute Gasteiger partial charge is 0.463 e.